The number of carbonyl (C=O) groups is 3. The van der Waals surface area contributed by atoms with Crippen molar-refractivity contribution in [3.8, 4) is 11.5 Å². The summed E-state index contributed by atoms with van der Waals surface area (Å²) in [6.45, 7) is 3.40. The summed E-state index contributed by atoms with van der Waals surface area (Å²) in [5.74, 6) is -0.0128. The van der Waals surface area contributed by atoms with E-state index in [9.17, 15) is 18.6 Å². The van der Waals surface area contributed by atoms with Crippen LogP contribution >= 0.6 is 0 Å². The normalized spacial score (nSPS) is 13.2. The molecular weight excluding hydrogens is 518 g/mol. The van der Waals surface area contributed by atoms with E-state index >= 15 is 0 Å². The van der Waals surface area contributed by atoms with Crippen molar-refractivity contribution < 1.29 is 28.1 Å². The Labute approximate surface area is 230 Å². The molecule has 0 aliphatic rings. The molecule has 0 spiro atoms. The van der Waals surface area contributed by atoms with Crippen molar-refractivity contribution >= 4 is 28.6 Å². The topological polar surface area (TPSA) is 137 Å². The lowest BCUT2D eigenvalue weighted by Crippen LogP contribution is -2.53. The number of para-hydroxylation sites is 1. The number of hydrogen-bond donors (Lipinski definition) is 3. The van der Waals surface area contributed by atoms with Crippen LogP contribution in [0, 0.1) is 5.92 Å². The molecule has 3 aromatic rings. The molecule has 0 fully saturated rings. The van der Waals surface area contributed by atoms with Crippen molar-refractivity contribution in [3.63, 3.8) is 0 Å². The summed E-state index contributed by atoms with van der Waals surface area (Å²) in [5.41, 5.74) is 6.74. The van der Waals surface area contributed by atoms with Crippen LogP contribution in [0.25, 0.3) is 0 Å². The van der Waals surface area contributed by atoms with Gasteiger partial charge < -0.3 is 20.5 Å². The van der Waals surface area contributed by atoms with Crippen molar-refractivity contribution in [2.75, 3.05) is 6.54 Å². The quantitative estimate of drug-likeness (QED) is 0.259. The van der Waals surface area contributed by atoms with Gasteiger partial charge in [0, 0.05) is 0 Å². The number of benzene rings is 3. The smallest absolute Gasteiger partial charge is 0.408 e. The highest BCUT2D eigenvalue weighted by Crippen LogP contribution is 2.21. The summed E-state index contributed by atoms with van der Waals surface area (Å²) in [6.07, 6.45) is -0.506. The van der Waals surface area contributed by atoms with Gasteiger partial charge in [-0.05, 0) is 54.3 Å². The lowest BCUT2D eigenvalue weighted by molar-refractivity contribution is -0.129. The van der Waals surface area contributed by atoms with Crippen molar-refractivity contribution in [2.45, 2.75) is 43.9 Å². The average Bonchev–Trinajstić information content (AvgIpc) is 2.94. The molecule has 206 valence electrons. The van der Waals surface area contributed by atoms with E-state index in [0.29, 0.717) is 16.4 Å². The summed E-state index contributed by atoms with van der Waals surface area (Å²) in [7, 11) is -1.72. The minimum atomic E-state index is -1.72. The molecule has 2 unspecified atom stereocenters. The maximum atomic E-state index is 13.0. The van der Waals surface area contributed by atoms with Gasteiger partial charge in [0.05, 0.1) is 17.5 Å². The number of nitrogens with one attached hydrogen (secondary N) is 2. The number of hydrogen-bond acceptors (Lipinski definition) is 7. The fourth-order valence-corrected chi connectivity index (χ4v) is 4.41. The first-order valence-electron chi connectivity index (χ1n) is 12.5. The van der Waals surface area contributed by atoms with E-state index < -0.39 is 47.3 Å². The van der Waals surface area contributed by atoms with Crippen LogP contribution in [0.2, 0.25) is 0 Å². The van der Waals surface area contributed by atoms with Gasteiger partial charge in [-0.3, -0.25) is 9.59 Å². The first-order valence-corrected chi connectivity index (χ1v) is 13.7. The van der Waals surface area contributed by atoms with Crippen LogP contribution in [0.5, 0.6) is 11.5 Å². The Bertz CT molecular complexity index is 1250. The van der Waals surface area contributed by atoms with Gasteiger partial charge in [0.25, 0.3) is 0 Å². The average molecular weight is 552 g/mol. The highest BCUT2D eigenvalue weighted by Gasteiger charge is 2.31. The predicted molar refractivity (Wildman–Crippen MR) is 148 cm³/mol. The van der Waals surface area contributed by atoms with Crippen LogP contribution in [0.15, 0.2) is 89.8 Å². The maximum Gasteiger partial charge on any atom is 0.408 e. The zero-order chi connectivity index (χ0) is 28.2. The third-order valence-corrected chi connectivity index (χ3v) is 6.71. The van der Waals surface area contributed by atoms with Crippen LogP contribution in [-0.4, -0.2) is 40.5 Å². The second-order valence-corrected chi connectivity index (χ2v) is 10.5. The van der Waals surface area contributed by atoms with E-state index in [4.69, 9.17) is 15.2 Å². The minimum absolute atomic E-state index is 0.0370. The van der Waals surface area contributed by atoms with E-state index in [-0.39, 0.29) is 18.9 Å². The lowest BCUT2D eigenvalue weighted by atomic mass is 9.95. The molecule has 1 amide bonds. The summed E-state index contributed by atoms with van der Waals surface area (Å²) in [4.78, 5) is 38.4. The number of ether oxygens (including phenoxy) is 2. The lowest BCUT2D eigenvalue weighted by Gasteiger charge is -2.22. The Morgan fingerprint density at radius 2 is 1.46 bits per heavy atom. The van der Waals surface area contributed by atoms with E-state index in [1.165, 1.54) is 0 Å². The minimum Gasteiger partial charge on any atom is -0.457 e. The molecular formula is C29H33N3O6S. The van der Waals surface area contributed by atoms with Gasteiger partial charge in [0.1, 0.15) is 35.1 Å². The van der Waals surface area contributed by atoms with E-state index in [2.05, 4.69) is 10.0 Å². The number of alkyl carbamates (subject to hydrolysis) is 1. The molecule has 9 nitrogen and oxygen atoms in total. The standard InChI is InChI=1S/C29H33N3O6S/c1-20(2)17-25(32-29(35)37-19-21-9-5-3-6-10-21)28(34)27(30)26(33)18-31-39(36)24-15-13-23(14-16-24)38-22-11-7-4-8-12-22/h3-16,20,25,27,31H,17-19,30H2,1-2H3,(H,32,35)/t25-,27?,39?/m0/s1. The second-order valence-electron chi connectivity index (χ2n) is 9.21. The van der Waals surface area contributed by atoms with Crippen LogP contribution in [0.3, 0.4) is 0 Å². The fraction of sp³-hybridized carbons (Fsp3) is 0.276. The zero-order valence-corrected chi connectivity index (χ0v) is 22.7. The van der Waals surface area contributed by atoms with Gasteiger partial charge in [-0.2, -0.15) is 0 Å². The van der Waals surface area contributed by atoms with Crippen molar-refractivity contribution in [2.24, 2.45) is 11.7 Å². The molecule has 3 rings (SSSR count). The first kappa shape index (κ1) is 29.7. The molecule has 3 atom stereocenters. The Kier molecular flexibility index (Phi) is 11.4. The van der Waals surface area contributed by atoms with Gasteiger partial charge in [-0.25, -0.2) is 13.7 Å². The van der Waals surface area contributed by atoms with Gasteiger partial charge in [-0.15, -0.1) is 0 Å². The number of ketones is 2. The molecule has 0 saturated heterocycles. The molecule has 0 bridgehead atoms. The first-order chi connectivity index (χ1) is 18.7. The molecule has 0 radical (unpaired) electrons. The Morgan fingerprint density at radius 1 is 0.872 bits per heavy atom. The van der Waals surface area contributed by atoms with Crippen molar-refractivity contribution in [3.05, 3.63) is 90.5 Å². The number of Topliss-reactive ketones (excluding diaryl/α,β-unsaturated/α-hetero) is 2. The van der Waals surface area contributed by atoms with Crippen LogP contribution in [0.4, 0.5) is 4.79 Å². The molecule has 0 aliphatic heterocycles. The summed E-state index contributed by atoms with van der Waals surface area (Å²) < 4.78 is 26.2. The summed E-state index contributed by atoms with van der Waals surface area (Å²) in [6, 6.07) is 22.4. The second kappa shape index (κ2) is 14.9. The van der Waals surface area contributed by atoms with E-state index in [1.807, 2.05) is 74.5 Å². The third-order valence-electron chi connectivity index (χ3n) is 5.60. The Morgan fingerprint density at radius 3 is 2.08 bits per heavy atom. The Hall–Kier alpha value is -3.86. The highest BCUT2D eigenvalue weighted by molar-refractivity contribution is 7.83. The van der Waals surface area contributed by atoms with Gasteiger partial charge >= 0.3 is 6.09 Å². The predicted octanol–water partition coefficient (Wildman–Crippen LogP) is 3.90. The summed E-state index contributed by atoms with van der Waals surface area (Å²) >= 11 is 0. The third kappa shape index (κ3) is 9.75. The van der Waals surface area contributed by atoms with Crippen LogP contribution in [-0.2, 0) is 31.9 Å². The van der Waals surface area contributed by atoms with Gasteiger partial charge in [-0.1, -0.05) is 62.4 Å². The fourth-order valence-electron chi connectivity index (χ4n) is 3.59. The highest BCUT2D eigenvalue weighted by atomic mass is 32.2. The van der Waals surface area contributed by atoms with Crippen LogP contribution in [0.1, 0.15) is 25.8 Å². The van der Waals surface area contributed by atoms with E-state index in [1.54, 1.807) is 24.3 Å². The largest absolute Gasteiger partial charge is 0.457 e. The number of rotatable bonds is 14. The van der Waals surface area contributed by atoms with Crippen molar-refractivity contribution in [1.82, 2.24) is 10.0 Å². The van der Waals surface area contributed by atoms with Crippen molar-refractivity contribution in [1.29, 1.82) is 0 Å². The SMILES string of the molecule is CC(C)C[C@H](NC(=O)OCc1ccccc1)C(=O)C(N)C(=O)CNS(=O)c1ccc(Oc2ccccc2)cc1. The monoisotopic (exact) mass is 551 g/mol. The molecule has 39 heavy (non-hydrogen) atoms. The number of amides is 1. The van der Waals surface area contributed by atoms with Gasteiger partial charge in [0.2, 0.25) is 0 Å². The molecule has 4 N–H and O–H groups in total. The molecule has 10 heteroatoms. The Balaban J connectivity index is 1.51. The molecule has 3 aromatic carbocycles. The number of nitrogens with two attached hydrogens (primary N) is 1. The number of carbonyl (C=O) groups excluding carboxylic acids is 3. The summed E-state index contributed by atoms with van der Waals surface area (Å²) in [5, 5.41) is 2.53. The van der Waals surface area contributed by atoms with Gasteiger partial charge in [0.15, 0.2) is 11.6 Å². The molecule has 0 saturated carbocycles. The molecule has 0 aliphatic carbocycles. The molecule has 0 heterocycles. The zero-order valence-electron chi connectivity index (χ0n) is 21.9. The van der Waals surface area contributed by atoms with Crippen LogP contribution < -0.4 is 20.5 Å². The maximum absolute atomic E-state index is 13.0. The molecule has 0 aromatic heterocycles. The van der Waals surface area contributed by atoms with E-state index in [0.717, 1.165) is 5.56 Å².